The molecular weight excluding hydrogens is 468 g/mol. The molecule has 0 unspecified atom stereocenters. The normalized spacial score (nSPS) is 46.2. The topological polar surface area (TPSA) is 104 Å². The molecule has 37 heavy (non-hydrogen) atoms. The third-order valence-corrected chi connectivity index (χ3v) is 11.6. The molecule has 4 saturated carbocycles. The summed E-state index contributed by atoms with van der Waals surface area (Å²) in [7, 11) is 0. The molecular formula is C31H48O6. The number of carboxylic acid groups (broad SMARTS) is 1. The van der Waals surface area contributed by atoms with Crippen LogP contribution in [0.15, 0.2) is 22.8 Å². The SMILES string of the molecule is CC(=O)O[C@@H]1C[C@@]2(C)[C@@H](C[C@H](O)[C@@H]3[C@]4(C)CC[C@@H](O)[C@H](C)[C@H]4CC[C@@]32C)/C1=C(/CCC=C(C)C)C(=O)O. The third-order valence-electron chi connectivity index (χ3n) is 11.6. The second-order valence-corrected chi connectivity index (χ2v) is 13.6. The standard InChI is InChI=1S/C31H48O6/c1-17(2)9-8-10-20(28(35)36)26-22-15-24(34)27-29(5)13-12-23(33)18(3)21(29)11-14-30(27,6)31(22,7)16-25(26)37-19(4)32/h9,18,21-25,27,33-34H,8,10-16H2,1-7H3,(H,35,36)/b26-20+/t18-,21-,22+,23-,24+,25-,27-,29-,30+,31+/m1/s1. The van der Waals surface area contributed by atoms with Crippen LogP contribution in [-0.2, 0) is 14.3 Å². The summed E-state index contributed by atoms with van der Waals surface area (Å²) in [6.07, 6.45) is 6.22. The summed E-state index contributed by atoms with van der Waals surface area (Å²) in [5, 5.41) is 32.9. The summed E-state index contributed by atoms with van der Waals surface area (Å²) < 4.78 is 5.87. The third kappa shape index (κ3) is 4.40. The number of aliphatic hydroxyl groups is 2. The summed E-state index contributed by atoms with van der Waals surface area (Å²) in [4.78, 5) is 24.8. The van der Waals surface area contributed by atoms with Crippen molar-refractivity contribution < 1.29 is 29.6 Å². The van der Waals surface area contributed by atoms with Crippen LogP contribution < -0.4 is 0 Å². The van der Waals surface area contributed by atoms with Crippen LogP contribution in [0.1, 0.15) is 99.8 Å². The molecule has 0 aliphatic heterocycles. The summed E-state index contributed by atoms with van der Waals surface area (Å²) in [6, 6.07) is 0. The van der Waals surface area contributed by atoms with Crippen LogP contribution in [0.2, 0.25) is 0 Å². The highest BCUT2D eigenvalue weighted by Gasteiger charge is 2.70. The predicted molar refractivity (Wildman–Crippen MR) is 143 cm³/mol. The zero-order valence-corrected chi connectivity index (χ0v) is 23.8. The Morgan fingerprint density at radius 1 is 1.03 bits per heavy atom. The van der Waals surface area contributed by atoms with E-state index in [1.807, 2.05) is 19.9 Å². The van der Waals surface area contributed by atoms with Gasteiger partial charge in [0.15, 0.2) is 0 Å². The molecule has 3 N–H and O–H groups in total. The fourth-order valence-corrected chi connectivity index (χ4v) is 9.79. The fraction of sp³-hybridized carbons (Fsp3) is 0.806. The average molecular weight is 517 g/mol. The highest BCUT2D eigenvalue weighted by atomic mass is 16.5. The first-order chi connectivity index (χ1) is 17.2. The summed E-state index contributed by atoms with van der Waals surface area (Å²) in [5.41, 5.74) is 1.57. The largest absolute Gasteiger partial charge is 0.478 e. The number of fused-ring (bicyclic) bond motifs is 5. The number of aliphatic carboxylic acids is 1. The highest BCUT2D eigenvalue weighted by Crippen LogP contribution is 2.74. The summed E-state index contributed by atoms with van der Waals surface area (Å²) in [6.45, 7) is 14.5. The minimum atomic E-state index is -0.953. The van der Waals surface area contributed by atoms with Gasteiger partial charge in [-0.15, -0.1) is 0 Å². The Balaban J connectivity index is 1.82. The minimum Gasteiger partial charge on any atom is -0.478 e. The first-order valence-electron chi connectivity index (χ1n) is 14.3. The van der Waals surface area contributed by atoms with Crippen molar-refractivity contribution >= 4 is 11.9 Å². The lowest BCUT2D eigenvalue weighted by atomic mass is 9.36. The van der Waals surface area contributed by atoms with E-state index < -0.39 is 24.1 Å². The predicted octanol–water partition coefficient (Wildman–Crippen LogP) is 5.67. The Labute approximate surface area is 222 Å². The van der Waals surface area contributed by atoms with Crippen LogP contribution in [0.25, 0.3) is 0 Å². The van der Waals surface area contributed by atoms with Gasteiger partial charge in [0.1, 0.15) is 6.10 Å². The van der Waals surface area contributed by atoms with Crippen molar-refractivity contribution in [2.45, 2.75) is 118 Å². The van der Waals surface area contributed by atoms with Gasteiger partial charge in [0.25, 0.3) is 0 Å². The van der Waals surface area contributed by atoms with Gasteiger partial charge >= 0.3 is 11.9 Å². The molecule has 4 rings (SSSR count). The van der Waals surface area contributed by atoms with Crippen molar-refractivity contribution in [1.29, 1.82) is 0 Å². The number of aliphatic hydroxyl groups excluding tert-OH is 2. The second-order valence-electron chi connectivity index (χ2n) is 13.6. The molecule has 0 aromatic carbocycles. The Morgan fingerprint density at radius 3 is 2.30 bits per heavy atom. The zero-order chi connectivity index (χ0) is 27.5. The molecule has 0 bridgehead atoms. The van der Waals surface area contributed by atoms with E-state index in [0.29, 0.717) is 37.2 Å². The smallest absolute Gasteiger partial charge is 0.331 e. The number of rotatable bonds is 5. The van der Waals surface area contributed by atoms with Gasteiger partial charge in [0.05, 0.1) is 12.2 Å². The monoisotopic (exact) mass is 516 g/mol. The zero-order valence-electron chi connectivity index (χ0n) is 23.8. The van der Waals surface area contributed by atoms with Crippen LogP contribution in [-0.4, -0.2) is 45.6 Å². The van der Waals surface area contributed by atoms with Crippen molar-refractivity contribution in [1.82, 2.24) is 0 Å². The van der Waals surface area contributed by atoms with Crippen molar-refractivity contribution in [3.8, 4) is 0 Å². The second kappa shape index (κ2) is 9.82. The van der Waals surface area contributed by atoms with E-state index in [1.54, 1.807) is 0 Å². The Morgan fingerprint density at radius 2 is 1.70 bits per heavy atom. The number of carbonyl (C=O) groups is 2. The highest BCUT2D eigenvalue weighted by molar-refractivity contribution is 5.88. The maximum Gasteiger partial charge on any atom is 0.331 e. The molecule has 208 valence electrons. The lowest BCUT2D eigenvalue weighted by molar-refractivity contribution is -0.234. The lowest BCUT2D eigenvalue weighted by Crippen LogP contribution is -2.65. The molecule has 6 heteroatoms. The van der Waals surface area contributed by atoms with E-state index in [-0.39, 0.29) is 40.1 Å². The van der Waals surface area contributed by atoms with Gasteiger partial charge in [-0.1, -0.05) is 39.3 Å². The van der Waals surface area contributed by atoms with Gasteiger partial charge in [-0.3, -0.25) is 4.79 Å². The molecule has 0 amide bonds. The summed E-state index contributed by atoms with van der Waals surface area (Å²) in [5.74, 6) is -0.909. The molecule has 4 fully saturated rings. The lowest BCUT2D eigenvalue weighted by Gasteiger charge is -2.69. The number of hydrogen-bond acceptors (Lipinski definition) is 5. The number of ether oxygens (including phenoxy) is 1. The quantitative estimate of drug-likeness (QED) is 0.247. The van der Waals surface area contributed by atoms with Crippen LogP contribution in [0, 0.1) is 39.9 Å². The van der Waals surface area contributed by atoms with E-state index in [9.17, 15) is 24.9 Å². The van der Waals surface area contributed by atoms with Crippen LogP contribution in [0.5, 0.6) is 0 Å². The maximum atomic E-state index is 12.6. The van der Waals surface area contributed by atoms with Gasteiger partial charge < -0.3 is 20.1 Å². The summed E-state index contributed by atoms with van der Waals surface area (Å²) >= 11 is 0. The average Bonchev–Trinajstić information content (AvgIpc) is 3.05. The number of allylic oxidation sites excluding steroid dienone is 2. The Kier molecular flexibility index (Phi) is 7.53. The van der Waals surface area contributed by atoms with Gasteiger partial charge in [-0.05, 0) is 111 Å². The molecule has 0 aromatic rings. The van der Waals surface area contributed by atoms with Crippen LogP contribution >= 0.6 is 0 Å². The molecule has 4 aliphatic carbocycles. The number of esters is 1. The molecule has 4 aliphatic rings. The van der Waals surface area contributed by atoms with Gasteiger partial charge in [-0.25, -0.2) is 4.79 Å². The van der Waals surface area contributed by atoms with E-state index >= 15 is 0 Å². The van der Waals surface area contributed by atoms with E-state index in [4.69, 9.17) is 4.74 Å². The molecule has 0 spiro atoms. The van der Waals surface area contributed by atoms with Gasteiger partial charge in [0, 0.05) is 12.5 Å². The minimum absolute atomic E-state index is 0.0474. The molecule has 6 nitrogen and oxygen atoms in total. The van der Waals surface area contributed by atoms with Crippen molar-refractivity contribution in [2.24, 2.45) is 39.9 Å². The van der Waals surface area contributed by atoms with Crippen LogP contribution in [0.3, 0.4) is 0 Å². The number of carbonyl (C=O) groups excluding carboxylic acids is 1. The number of hydrogen-bond donors (Lipinski definition) is 3. The first-order valence-corrected chi connectivity index (χ1v) is 14.3. The van der Waals surface area contributed by atoms with Gasteiger partial charge in [0.2, 0.25) is 0 Å². The van der Waals surface area contributed by atoms with Crippen molar-refractivity contribution in [3.05, 3.63) is 22.8 Å². The molecule has 0 aromatic heterocycles. The van der Waals surface area contributed by atoms with Gasteiger partial charge in [-0.2, -0.15) is 0 Å². The van der Waals surface area contributed by atoms with E-state index in [2.05, 4.69) is 27.7 Å². The Hall–Kier alpha value is -1.66. The molecule has 10 atom stereocenters. The molecule has 0 radical (unpaired) electrons. The molecule has 0 heterocycles. The van der Waals surface area contributed by atoms with E-state index in [1.165, 1.54) is 6.92 Å². The fourth-order valence-electron chi connectivity index (χ4n) is 9.79. The maximum absolute atomic E-state index is 12.6. The Bertz CT molecular complexity index is 994. The van der Waals surface area contributed by atoms with E-state index in [0.717, 1.165) is 36.8 Å². The number of carboxylic acids is 1. The van der Waals surface area contributed by atoms with Crippen molar-refractivity contribution in [2.75, 3.05) is 0 Å². The molecule has 0 saturated heterocycles. The van der Waals surface area contributed by atoms with Crippen molar-refractivity contribution in [3.63, 3.8) is 0 Å². The first kappa shape index (κ1) is 28.4. The van der Waals surface area contributed by atoms with Crippen LogP contribution in [0.4, 0.5) is 0 Å².